The number of hydrogen-bond donors (Lipinski definition) is 2. The van der Waals surface area contributed by atoms with E-state index in [9.17, 15) is 10.0 Å². The van der Waals surface area contributed by atoms with Gasteiger partial charge in [-0.2, -0.15) is 0 Å². The molecule has 1 rings (SSSR count). The lowest BCUT2D eigenvalue weighted by atomic mass is 10.3. The minimum atomic E-state index is -0.579. The van der Waals surface area contributed by atoms with Crippen LogP contribution < -0.4 is 5.32 Å². The van der Waals surface area contributed by atoms with Crippen LogP contribution in [0.25, 0.3) is 0 Å². The zero-order valence-electron chi connectivity index (χ0n) is 8.29. The van der Waals surface area contributed by atoms with Crippen LogP contribution in [0.4, 0.5) is 0 Å². The van der Waals surface area contributed by atoms with Gasteiger partial charge in [0.2, 0.25) is 0 Å². The van der Waals surface area contributed by atoms with E-state index in [0.29, 0.717) is 6.54 Å². The lowest BCUT2D eigenvalue weighted by Gasteiger charge is -2.27. The molecule has 0 bridgehead atoms. The first kappa shape index (κ1) is 10.6. The molecule has 0 saturated carbocycles. The minimum absolute atomic E-state index is 0.165. The Bertz CT molecular complexity index is 182. The fourth-order valence-electron chi connectivity index (χ4n) is 1.23. The molecule has 0 radical (unpaired) electrons. The lowest BCUT2D eigenvalue weighted by molar-refractivity contribution is -1.01. The van der Waals surface area contributed by atoms with E-state index in [1.165, 1.54) is 14.1 Å². The predicted octanol–water partition coefficient (Wildman–Crippen LogP) is -1.12. The normalized spacial score (nSPS) is 20.2. The largest absolute Gasteiger partial charge is 0.359 e. The maximum atomic E-state index is 11.4. The van der Waals surface area contributed by atoms with E-state index in [2.05, 4.69) is 10.2 Å². The average molecular weight is 188 g/mol. The van der Waals surface area contributed by atoms with Crippen LogP contribution in [0.15, 0.2) is 0 Å². The molecule has 1 fully saturated rings. The third-order valence-electron chi connectivity index (χ3n) is 2.18. The van der Waals surface area contributed by atoms with E-state index in [-0.39, 0.29) is 5.91 Å². The van der Waals surface area contributed by atoms with Gasteiger partial charge in [0.1, 0.15) is 20.6 Å². The number of hydroxylamine groups is 3. The van der Waals surface area contributed by atoms with Crippen LogP contribution in [0.5, 0.6) is 0 Å². The molecule has 76 valence electrons. The number of amides is 1. The molecular weight excluding hydrogens is 170 g/mol. The summed E-state index contributed by atoms with van der Waals surface area (Å²) in [5, 5.41) is 12.6. The number of quaternary nitrogens is 1. The number of hydrogen-bond acceptors (Lipinski definition) is 4. The van der Waals surface area contributed by atoms with Crippen LogP contribution >= 0.6 is 0 Å². The molecule has 1 heterocycles. The summed E-state index contributed by atoms with van der Waals surface area (Å²) in [6, 6.07) is 0. The third kappa shape index (κ3) is 3.40. The zero-order valence-corrected chi connectivity index (χ0v) is 8.29. The summed E-state index contributed by atoms with van der Waals surface area (Å²) in [6.07, 6.45) is 0. The molecule has 1 aliphatic heterocycles. The first-order valence-electron chi connectivity index (χ1n) is 4.53. The molecule has 0 unspecified atom stereocenters. The molecule has 0 atom stereocenters. The smallest absolute Gasteiger partial charge is 0.314 e. The second kappa shape index (κ2) is 4.15. The fraction of sp³-hybridized carbons (Fsp3) is 0.875. The summed E-state index contributed by atoms with van der Waals surface area (Å²) in [6.45, 7) is 3.95. The molecule has 0 aromatic carbocycles. The predicted molar refractivity (Wildman–Crippen MR) is 48.2 cm³/mol. The van der Waals surface area contributed by atoms with Gasteiger partial charge in [0.15, 0.2) is 0 Å². The van der Waals surface area contributed by atoms with Gasteiger partial charge < -0.3 is 5.32 Å². The Balaban J connectivity index is 2.35. The Labute approximate surface area is 78.5 Å². The van der Waals surface area contributed by atoms with E-state index in [4.69, 9.17) is 0 Å². The molecule has 0 aromatic rings. The standard InChI is InChI=1S/C8H18N3O2/c1-11(2,13)8(12)7-10-5-3-9-4-6-10/h9,13H,3-7H2,1-2H3/q+1. The van der Waals surface area contributed by atoms with Gasteiger partial charge in [0.05, 0.1) is 0 Å². The van der Waals surface area contributed by atoms with E-state index in [1.807, 2.05) is 0 Å². The second-order valence-corrected chi connectivity index (χ2v) is 3.81. The first-order chi connectivity index (χ1) is 6.00. The minimum Gasteiger partial charge on any atom is -0.314 e. The number of nitrogens with zero attached hydrogens (tertiary/aromatic N) is 2. The molecule has 13 heavy (non-hydrogen) atoms. The summed E-state index contributed by atoms with van der Waals surface area (Å²) in [4.78, 5) is 13.4. The van der Waals surface area contributed by atoms with Crippen LogP contribution in [0.2, 0.25) is 0 Å². The summed E-state index contributed by atoms with van der Waals surface area (Å²) >= 11 is 0. The maximum Gasteiger partial charge on any atom is 0.359 e. The molecule has 0 spiro atoms. The average Bonchev–Trinajstić information content (AvgIpc) is 2.04. The number of carbonyl (C=O) groups excluding carboxylic acids is 1. The Morgan fingerprint density at radius 3 is 2.46 bits per heavy atom. The second-order valence-electron chi connectivity index (χ2n) is 3.81. The highest BCUT2D eigenvalue weighted by molar-refractivity contribution is 5.70. The highest BCUT2D eigenvalue weighted by Gasteiger charge is 2.26. The quantitative estimate of drug-likeness (QED) is 0.327. The monoisotopic (exact) mass is 188 g/mol. The Morgan fingerprint density at radius 2 is 2.00 bits per heavy atom. The van der Waals surface area contributed by atoms with Gasteiger partial charge in [0, 0.05) is 26.2 Å². The van der Waals surface area contributed by atoms with Crippen molar-refractivity contribution in [3.05, 3.63) is 0 Å². The summed E-state index contributed by atoms with van der Waals surface area (Å²) in [7, 11) is 2.95. The van der Waals surface area contributed by atoms with Gasteiger partial charge in [-0.25, -0.2) is 10.0 Å². The molecule has 0 aromatic heterocycles. The molecule has 1 amide bonds. The van der Waals surface area contributed by atoms with Crippen molar-refractivity contribution in [1.29, 1.82) is 0 Å². The van der Waals surface area contributed by atoms with Gasteiger partial charge in [-0.3, -0.25) is 4.90 Å². The van der Waals surface area contributed by atoms with Gasteiger partial charge in [-0.15, -0.1) is 4.65 Å². The number of carbonyl (C=O) groups is 1. The maximum absolute atomic E-state index is 11.4. The molecular formula is C8H18N3O2+. The zero-order chi connectivity index (χ0) is 9.90. The van der Waals surface area contributed by atoms with Crippen molar-refractivity contribution in [2.24, 2.45) is 0 Å². The first-order valence-corrected chi connectivity index (χ1v) is 4.53. The Morgan fingerprint density at radius 1 is 1.46 bits per heavy atom. The number of rotatable bonds is 2. The number of piperazine rings is 1. The van der Waals surface area contributed by atoms with E-state index >= 15 is 0 Å². The lowest BCUT2D eigenvalue weighted by Crippen LogP contribution is -2.52. The number of nitrogens with one attached hydrogen (secondary N) is 1. The molecule has 0 aliphatic carbocycles. The van der Waals surface area contributed by atoms with E-state index in [1.54, 1.807) is 0 Å². The van der Waals surface area contributed by atoms with Crippen molar-refractivity contribution in [2.75, 3.05) is 46.8 Å². The third-order valence-corrected chi connectivity index (χ3v) is 2.18. The molecule has 1 saturated heterocycles. The van der Waals surface area contributed by atoms with Crippen LogP contribution in [0.3, 0.4) is 0 Å². The highest BCUT2D eigenvalue weighted by atomic mass is 16.6. The molecule has 5 nitrogen and oxygen atoms in total. The molecule has 2 N–H and O–H groups in total. The Kier molecular flexibility index (Phi) is 3.38. The van der Waals surface area contributed by atoms with Crippen molar-refractivity contribution in [2.45, 2.75) is 0 Å². The van der Waals surface area contributed by atoms with Crippen molar-refractivity contribution >= 4 is 5.91 Å². The van der Waals surface area contributed by atoms with Crippen LogP contribution in [0.1, 0.15) is 0 Å². The molecule has 1 aliphatic rings. The summed E-state index contributed by atoms with van der Waals surface area (Å²) in [5.41, 5.74) is 0. The van der Waals surface area contributed by atoms with Gasteiger partial charge in [-0.05, 0) is 0 Å². The SMILES string of the molecule is C[N+](C)(O)C(=O)CN1CCNCC1. The van der Waals surface area contributed by atoms with Gasteiger partial charge in [0.25, 0.3) is 0 Å². The summed E-state index contributed by atoms with van der Waals surface area (Å²) in [5.74, 6) is -0.165. The van der Waals surface area contributed by atoms with Crippen molar-refractivity contribution in [3.8, 4) is 0 Å². The van der Waals surface area contributed by atoms with Gasteiger partial charge in [-0.1, -0.05) is 0 Å². The molecule has 5 heteroatoms. The fourth-order valence-corrected chi connectivity index (χ4v) is 1.23. The van der Waals surface area contributed by atoms with Crippen LogP contribution in [0, 0.1) is 0 Å². The Hall–Kier alpha value is -0.490. The van der Waals surface area contributed by atoms with Crippen molar-refractivity contribution in [1.82, 2.24) is 10.2 Å². The number of likely N-dealkylation sites (N-methyl/N-ethyl adjacent to an activating group) is 1. The van der Waals surface area contributed by atoms with E-state index < -0.39 is 4.65 Å². The van der Waals surface area contributed by atoms with Crippen LogP contribution in [-0.2, 0) is 4.79 Å². The van der Waals surface area contributed by atoms with E-state index in [0.717, 1.165) is 26.2 Å². The van der Waals surface area contributed by atoms with Crippen molar-refractivity contribution in [3.63, 3.8) is 0 Å². The topological polar surface area (TPSA) is 52.6 Å². The van der Waals surface area contributed by atoms with Crippen molar-refractivity contribution < 1.29 is 14.6 Å². The van der Waals surface area contributed by atoms with Crippen LogP contribution in [-0.4, -0.2) is 67.5 Å². The summed E-state index contributed by atoms with van der Waals surface area (Å²) < 4.78 is -0.579. The highest BCUT2D eigenvalue weighted by Crippen LogP contribution is 1.97. The van der Waals surface area contributed by atoms with Gasteiger partial charge >= 0.3 is 5.91 Å².